The summed E-state index contributed by atoms with van der Waals surface area (Å²) in [6, 6.07) is 49.4. The van der Waals surface area contributed by atoms with Gasteiger partial charge in [-0.15, -0.1) is 0 Å². The molecule has 4 nitrogen and oxygen atoms in total. The fourth-order valence-corrected chi connectivity index (χ4v) is 7.19. The molecule has 0 saturated carbocycles. The van der Waals surface area contributed by atoms with Crippen LogP contribution in [0.25, 0.3) is 22.2 Å². The Labute approximate surface area is 249 Å². The summed E-state index contributed by atoms with van der Waals surface area (Å²) in [6.07, 6.45) is 3.52. The molecule has 1 aromatic heterocycles. The Morgan fingerprint density at radius 2 is 0.953 bits per heavy atom. The van der Waals surface area contributed by atoms with Crippen molar-refractivity contribution in [3.63, 3.8) is 0 Å². The summed E-state index contributed by atoms with van der Waals surface area (Å²) in [4.78, 5) is 11.8. The van der Waals surface area contributed by atoms with Crippen LogP contribution in [0.5, 0.6) is 11.5 Å². The van der Waals surface area contributed by atoms with Crippen molar-refractivity contribution in [2.75, 3.05) is 4.90 Å². The molecule has 2 aliphatic heterocycles. The van der Waals surface area contributed by atoms with Crippen LogP contribution in [0, 0.1) is 0 Å². The van der Waals surface area contributed by atoms with Gasteiger partial charge >= 0.3 is 0 Å². The highest BCUT2D eigenvalue weighted by Gasteiger charge is 2.51. The van der Waals surface area contributed by atoms with Crippen molar-refractivity contribution in [2.45, 2.75) is 5.41 Å². The number of aromatic nitrogens is 2. The molecule has 0 unspecified atom stereocenters. The molecule has 7 aromatic rings. The third kappa shape index (κ3) is 3.26. The van der Waals surface area contributed by atoms with Crippen LogP contribution < -0.4 is 9.64 Å². The largest absolute Gasteiger partial charge is 0.457 e. The third-order valence-electron chi connectivity index (χ3n) is 8.83. The first-order valence-corrected chi connectivity index (χ1v) is 14.5. The molecule has 2 aliphatic rings. The lowest BCUT2D eigenvalue weighted by Gasteiger charge is -2.48. The first-order chi connectivity index (χ1) is 21.4. The van der Waals surface area contributed by atoms with Crippen molar-refractivity contribution < 1.29 is 4.74 Å². The number of nitrogens with zero attached hydrogens (tertiary/aromatic N) is 3. The maximum absolute atomic E-state index is 6.54. The van der Waals surface area contributed by atoms with E-state index in [1.54, 1.807) is 12.4 Å². The predicted molar refractivity (Wildman–Crippen MR) is 172 cm³/mol. The summed E-state index contributed by atoms with van der Waals surface area (Å²) in [7, 11) is 0. The van der Waals surface area contributed by atoms with E-state index in [-0.39, 0.29) is 0 Å². The van der Waals surface area contributed by atoms with Crippen molar-refractivity contribution in [3.05, 3.63) is 174 Å². The average molecular weight is 552 g/mol. The SMILES string of the molecule is c1ccc2c(c1)Oc1ccccc1C21c2ccccc2N(c2ccccc2-c2cccc3nccnc23)c2ccccc21. The second-order valence-corrected chi connectivity index (χ2v) is 11.0. The number of hydrogen-bond donors (Lipinski definition) is 0. The Kier molecular flexibility index (Phi) is 5.08. The highest BCUT2D eigenvalue weighted by molar-refractivity contribution is 6.00. The van der Waals surface area contributed by atoms with Gasteiger partial charge in [-0.25, -0.2) is 0 Å². The fraction of sp³-hybridized carbons (Fsp3) is 0.0256. The summed E-state index contributed by atoms with van der Waals surface area (Å²) in [5, 5.41) is 0. The number of benzene rings is 6. The molecule has 0 amide bonds. The number of para-hydroxylation sites is 6. The molecular formula is C39H25N3O. The molecular weight excluding hydrogens is 526 g/mol. The van der Waals surface area contributed by atoms with Gasteiger partial charge in [-0.3, -0.25) is 9.97 Å². The lowest BCUT2D eigenvalue weighted by atomic mass is 9.61. The summed E-state index contributed by atoms with van der Waals surface area (Å²) in [5.41, 5.74) is 11.4. The molecule has 0 radical (unpaired) electrons. The van der Waals surface area contributed by atoms with E-state index in [1.807, 2.05) is 6.07 Å². The second-order valence-electron chi connectivity index (χ2n) is 11.0. The highest BCUT2D eigenvalue weighted by atomic mass is 16.5. The number of rotatable bonds is 2. The van der Waals surface area contributed by atoms with Gasteiger partial charge < -0.3 is 9.64 Å². The zero-order valence-electron chi connectivity index (χ0n) is 23.2. The standard InChI is InChI=1S/C39H25N3O/c1-6-19-33(26(12-1)27-13-11-18-32-38(27)41-25-24-40-32)42-34-20-7-2-14-28(34)39(29-15-3-8-21-35(29)42)30-16-4-9-22-36(30)43-37-23-10-5-17-31(37)39/h1-25H. The lowest BCUT2D eigenvalue weighted by Crippen LogP contribution is -2.39. The van der Waals surface area contributed by atoms with Gasteiger partial charge in [0, 0.05) is 34.6 Å². The minimum atomic E-state index is -0.561. The van der Waals surface area contributed by atoms with Gasteiger partial charge in [0.1, 0.15) is 11.5 Å². The van der Waals surface area contributed by atoms with E-state index < -0.39 is 5.41 Å². The molecule has 202 valence electrons. The van der Waals surface area contributed by atoms with Crippen LogP contribution >= 0.6 is 0 Å². The smallest absolute Gasteiger partial charge is 0.132 e. The van der Waals surface area contributed by atoms with Gasteiger partial charge in [0.05, 0.1) is 33.5 Å². The summed E-state index contributed by atoms with van der Waals surface area (Å²) in [5.74, 6) is 1.77. The van der Waals surface area contributed by atoms with Crippen LogP contribution in [0.2, 0.25) is 0 Å². The Hall–Kier alpha value is -5.74. The Bertz CT molecular complexity index is 2100. The molecule has 6 aromatic carbocycles. The van der Waals surface area contributed by atoms with Crippen molar-refractivity contribution in [3.8, 4) is 22.6 Å². The van der Waals surface area contributed by atoms with E-state index in [9.17, 15) is 0 Å². The van der Waals surface area contributed by atoms with Crippen LogP contribution in [0.3, 0.4) is 0 Å². The second kappa shape index (κ2) is 9.13. The van der Waals surface area contributed by atoms with Gasteiger partial charge in [-0.2, -0.15) is 0 Å². The zero-order chi connectivity index (χ0) is 28.4. The molecule has 43 heavy (non-hydrogen) atoms. The van der Waals surface area contributed by atoms with Crippen LogP contribution in [0.4, 0.5) is 17.1 Å². The van der Waals surface area contributed by atoms with Crippen molar-refractivity contribution in [1.29, 1.82) is 0 Å². The molecule has 0 aliphatic carbocycles. The van der Waals surface area contributed by atoms with Crippen molar-refractivity contribution >= 4 is 28.1 Å². The molecule has 0 fully saturated rings. The van der Waals surface area contributed by atoms with Gasteiger partial charge in [-0.1, -0.05) is 103 Å². The van der Waals surface area contributed by atoms with E-state index in [1.165, 1.54) is 11.1 Å². The minimum Gasteiger partial charge on any atom is -0.457 e. The molecule has 9 rings (SSSR count). The van der Waals surface area contributed by atoms with Crippen LogP contribution in [0.1, 0.15) is 22.3 Å². The van der Waals surface area contributed by atoms with Crippen molar-refractivity contribution in [2.24, 2.45) is 0 Å². The highest BCUT2D eigenvalue weighted by Crippen LogP contribution is 2.63. The van der Waals surface area contributed by atoms with E-state index in [0.717, 1.165) is 61.8 Å². The molecule has 0 saturated heterocycles. The average Bonchev–Trinajstić information content (AvgIpc) is 3.08. The Morgan fingerprint density at radius 3 is 1.63 bits per heavy atom. The quantitative estimate of drug-likeness (QED) is 0.214. The van der Waals surface area contributed by atoms with E-state index >= 15 is 0 Å². The molecule has 4 heteroatoms. The first-order valence-electron chi connectivity index (χ1n) is 14.5. The number of anilines is 3. The topological polar surface area (TPSA) is 38.2 Å². The fourth-order valence-electron chi connectivity index (χ4n) is 7.19. The lowest BCUT2D eigenvalue weighted by molar-refractivity contribution is 0.434. The van der Waals surface area contributed by atoms with E-state index in [0.29, 0.717) is 0 Å². The van der Waals surface area contributed by atoms with E-state index in [4.69, 9.17) is 9.72 Å². The monoisotopic (exact) mass is 551 g/mol. The van der Waals surface area contributed by atoms with Gasteiger partial charge in [-0.05, 0) is 47.5 Å². The number of fused-ring (bicyclic) bond motifs is 9. The molecule has 3 heterocycles. The third-order valence-corrected chi connectivity index (χ3v) is 8.83. The minimum absolute atomic E-state index is 0.561. The van der Waals surface area contributed by atoms with Crippen molar-refractivity contribution in [1.82, 2.24) is 9.97 Å². The molecule has 0 atom stereocenters. The summed E-state index contributed by atoms with van der Waals surface area (Å²) in [6.45, 7) is 0. The first kappa shape index (κ1) is 23.9. The normalized spacial score (nSPS) is 13.9. The van der Waals surface area contributed by atoms with Crippen LogP contribution in [0.15, 0.2) is 152 Å². The Balaban J connectivity index is 1.39. The van der Waals surface area contributed by atoms with Gasteiger partial charge in [0.2, 0.25) is 0 Å². The van der Waals surface area contributed by atoms with Gasteiger partial charge in [0.15, 0.2) is 0 Å². The molecule has 1 spiro atoms. The molecule has 0 bridgehead atoms. The maximum Gasteiger partial charge on any atom is 0.132 e. The van der Waals surface area contributed by atoms with E-state index in [2.05, 4.69) is 143 Å². The maximum atomic E-state index is 6.54. The zero-order valence-corrected chi connectivity index (χ0v) is 23.2. The van der Waals surface area contributed by atoms with Crippen LogP contribution in [-0.4, -0.2) is 9.97 Å². The van der Waals surface area contributed by atoms with Gasteiger partial charge in [0.25, 0.3) is 0 Å². The predicted octanol–water partition coefficient (Wildman–Crippen LogP) is 9.57. The molecule has 0 N–H and O–H groups in total. The Morgan fingerprint density at radius 1 is 0.442 bits per heavy atom. The summed E-state index contributed by atoms with van der Waals surface area (Å²) >= 11 is 0. The number of ether oxygens (including phenoxy) is 1. The number of hydrogen-bond acceptors (Lipinski definition) is 4. The summed E-state index contributed by atoms with van der Waals surface area (Å²) < 4.78 is 6.54. The van der Waals surface area contributed by atoms with Crippen LogP contribution in [-0.2, 0) is 5.41 Å².